The lowest BCUT2D eigenvalue weighted by atomic mass is 10.1. The summed E-state index contributed by atoms with van der Waals surface area (Å²) in [7, 11) is 0. The Hall–Kier alpha value is -4.71. The second-order valence-corrected chi connectivity index (χ2v) is 20.9. The van der Waals surface area contributed by atoms with Crippen molar-refractivity contribution in [2.24, 2.45) is 0 Å². The molecule has 1 unspecified atom stereocenters. The van der Waals surface area contributed by atoms with E-state index in [-0.39, 0.29) is 31.1 Å². The van der Waals surface area contributed by atoms with Gasteiger partial charge in [0.1, 0.15) is 13.2 Å². The molecular weight excluding hydrogens is 973 g/mol. The van der Waals surface area contributed by atoms with Gasteiger partial charge in [0, 0.05) is 19.3 Å². The van der Waals surface area contributed by atoms with Crippen molar-refractivity contribution in [3.05, 3.63) is 146 Å². The molecule has 0 aromatic heterocycles. The van der Waals surface area contributed by atoms with Gasteiger partial charge in [0.05, 0.1) is 0 Å². The second-order valence-electron chi connectivity index (χ2n) is 20.9. The zero-order valence-corrected chi connectivity index (χ0v) is 51.1. The molecule has 6 nitrogen and oxygen atoms in total. The van der Waals surface area contributed by atoms with Crippen molar-refractivity contribution >= 4 is 17.9 Å². The van der Waals surface area contributed by atoms with Gasteiger partial charge in [0.2, 0.25) is 0 Å². The summed E-state index contributed by atoms with van der Waals surface area (Å²) in [5, 5.41) is 0. The molecule has 0 amide bonds. The molecule has 0 saturated heterocycles. The van der Waals surface area contributed by atoms with Crippen molar-refractivity contribution < 1.29 is 28.6 Å². The number of allylic oxidation sites excluding steroid dienone is 24. The third-order valence-corrected chi connectivity index (χ3v) is 13.3. The maximum atomic E-state index is 12.9. The number of hydrogen-bond acceptors (Lipinski definition) is 6. The van der Waals surface area contributed by atoms with Crippen LogP contribution < -0.4 is 0 Å². The van der Waals surface area contributed by atoms with Gasteiger partial charge in [-0.3, -0.25) is 14.4 Å². The third-order valence-electron chi connectivity index (χ3n) is 13.3. The van der Waals surface area contributed by atoms with Crippen molar-refractivity contribution in [1.29, 1.82) is 0 Å². The Morgan fingerprint density at radius 1 is 0.266 bits per heavy atom. The predicted octanol–water partition coefficient (Wildman–Crippen LogP) is 22.3. The van der Waals surface area contributed by atoms with Crippen LogP contribution in [-0.4, -0.2) is 37.2 Å². The summed E-state index contributed by atoms with van der Waals surface area (Å²) in [6.45, 7) is 6.38. The minimum Gasteiger partial charge on any atom is -0.462 e. The smallest absolute Gasteiger partial charge is 0.306 e. The maximum absolute atomic E-state index is 12.9. The molecule has 0 rings (SSSR count). The molecule has 79 heavy (non-hydrogen) atoms. The molecule has 0 spiro atoms. The van der Waals surface area contributed by atoms with Crippen molar-refractivity contribution in [2.75, 3.05) is 13.2 Å². The van der Waals surface area contributed by atoms with E-state index < -0.39 is 6.10 Å². The average molecular weight is 1090 g/mol. The van der Waals surface area contributed by atoms with Crippen molar-refractivity contribution in [3.63, 3.8) is 0 Å². The van der Waals surface area contributed by atoms with Gasteiger partial charge in [-0.05, 0) is 122 Å². The molecule has 0 aromatic carbocycles. The zero-order valence-electron chi connectivity index (χ0n) is 51.1. The van der Waals surface area contributed by atoms with Gasteiger partial charge in [-0.15, -0.1) is 0 Å². The molecule has 0 heterocycles. The number of rotatable bonds is 57. The van der Waals surface area contributed by atoms with E-state index in [0.717, 1.165) is 154 Å². The van der Waals surface area contributed by atoms with Gasteiger partial charge in [0.15, 0.2) is 6.10 Å². The van der Waals surface area contributed by atoms with Crippen LogP contribution >= 0.6 is 0 Å². The Kier molecular flexibility index (Phi) is 61.9. The quantitative estimate of drug-likeness (QED) is 0.0261. The van der Waals surface area contributed by atoms with Gasteiger partial charge in [-0.25, -0.2) is 0 Å². The van der Waals surface area contributed by atoms with Gasteiger partial charge in [-0.1, -0.05) is 282 Å². The molecule has 0 aromatic rings. The SMILES string of the molecule is CC/C=C\C/C=C\C/C=C\C/C=C\C/C=C\C/C=C\CCCCCCCCCCC(=O)OCC(COC(=O)CCCCCCCCCCCCC)OC(=O)CCCCCC/C=C\C/C=C\C/C=C\C/C=C\C/C=C\C/C=C\CC. The first kappa shape index (κ1) is 74.3. The summed E-state index contributed by atoms with van der Waals surface area (Å²) >= 11 is 0. The number of carbonyl (C=O) groups excluding carboxylic acids is 3. The van der Waals surface area contributed by atoms with E-state index >= 15 is 0 Å². The number of hydrogen-bond donors (Lipinski definition) is 0. The summed E-state index contributed by atoms with van der Waals surface area (Å²) in [6, 6.07) is 0. The Balaban J connectivity index is 4.38. The fourth-order valence-corrected chi connectivity index (χ4v) is 8.57. The molecule has 0 aliphatic rings. The fourth-order valence-electron chi connectivity index (χ4n) is 8.57. The lowest BCUT2D eigenvalue weighted by Gasteiger charge is -2.18. The number of unbranched alkanes of at least 4 members (excludes halogenated alkanes) is 22. The van der Waals surface area contributed by atoms with E-state index in [9.17, 15) is 14.4 Å². The predicted molar refractivity (Wildman–Crippen MR) is 343 cm³/mol. The Morgan fingerprint density at radius 3 is 0.772 bits per heavy atom. The highest BCUT2D eigenvalue weighted by atomic mass is 16.6. The van der Waals surface area contributed by atoms with Crippen LogP contribution in [0.15, 0.2) is 146 Å². The van der Waals surface area contributed by atoms with Gasteiger partial charge >= 0.3 is 17.9 Å². The normalized spacial score (nSPS) is 13.1. The van der Waals surface area contributed by atoms with E-state index in [4.69, 9.17) is 14.2 Å². The largest absolute Gasteiger partial charge is 0.462 e. The molecule has 0 fully saturated rings. The summed E-state index contributed by atoms with van der Waals surface area (Å²) in [6.07, 6.45) is 94.2. The highest BCUT2D eigenvalue weighted by Crippen LogP contribution is 2.15. The zero-order chi connectivity index (χ0) is 57.1. The topological polar surface area (TPSA) is 78.9 Å². The minimum atomic E-state index is -0.801. The standard InChI is InChI=1S/C73H118O6/c1-4-7-10-13-16-19-22-24-26-28-30-32-34-35-36-37-39-40-42-44-46-48-51-54-57-60-63-66-72(75)78-69-70(68-77-71(74)65-62-59-56-53-50-21-18-15-12-9-6-3)79-73(76)67-64-61-58-55-52-49-47-45-43-41-38-33-31-29-27-25-23-20-17-14-11-8-5-2/h7-8,10-11,16-17,19-20,24-27,30-33,35-36,39-41,43,47,49,70H,4-6,9,12-15,18,21-23,28-29,34,37-38,42,44-46,48,50-69H2,1-3H3/b10-7-,11-8-,19-16-,20-17-,26-24-,27-25-,32-30-,33-31-,36-35-,40-39-,43-41-,49-47-. The van der Waals surface area contributed by atoms with Crippen LogP contribution in [0.3, 0.4) is 0 Å². The summed E-state index contributed by atoms with van der Waals surface area (Å²) in [4.78, 5) is 38.3. The first-order valence-corrected chi connectivity index (χ1v) is 32.3. The van der Waals surface area contributed by atoms with Gasteiger partial charge in [-0.2, -0.15) is 0 Å². The van der Waals surface area contributed by atoms with Crippen LogP contribution in [0.5, 0.6) is 0 Å². The van der Waals surface area contributed by atoms with Crippen LogP contribution in [0.1, 0.15) is 278 Å². The molecule has 0 bridgehead atoms. The van der Waals surface area contributed by atoms with Crippen molar-refractivity contribution in [1.82, 2.24) is 0 Å². The second kappa shape index (κ2) is 65.8. The Labute approximate surface area is 487 Å². The number of carbonyl (C=O) groups is 3. The Bertz CT molecular complexity index is 1730. The highest BCUT2D eigenvalue weighted by molar-refractivity contribution is 5.71. The monoisotopic (exact) mass is 1090 g/mol. The summed E-state index contributed by atoms with van der Waals surface area (Å²) in [5.41, 5.74) is 0. The van der Waals surface area contributed by atoms with E-state index in [1.54, 1.807) is 0 Å². The van der Waals surface area contributed by atoms with Crippen LogP contribution in [0.25, 0.3) is 0 Å². The van der Waals surface area contributed by atoms with Gasteiger partial charge < -0.3 is 14.2 Å². The molecule has 0 saturated carbocycles. The molecule has 0 aliphatic heterocycles. The third kappa shape index (κ3) is 64.0. The van der Waals surface area contributed by atoms with Crippen molar-refractivity contribution in [2.45, 2.75) is 284 Å². The van der Waals surface area contributed by atoms with Crippen molar-refractivity contribution in [3.8, 4) is 0 Å². The van der Waals surface area contributed by atoms with E-state index in [0.29, 0.717) is 19.3 Å². The molecular formula is C73H118O6. The summed E-state index contributed by atoms with van der Waals surface area (Å²) < 4.78 is 16.9. The number of ether oxygens (including phenoxy) is 3. The molecule has 0 radical (unpaired) electrons. The molecule has 0 aliphatic carbocycles. The highest BCUT2D eigenvalue weighted by Gasteiger charge is 2.19. The van der Waals surface area contributed by atoms with Crippen LogP contribution in [0.2, 0.25) is 0 Å². The van der Waals surface area contributed by atoms with Crippen LogP contribution in [-0.2, 0) is 28.6 Å². The van der Waals surface area contributed by atoms with Crippen LogP contribution in [0.4, 0.5) is 0 Å². The molecule has 6 heteroatoms. The summed E-state index contributed by atoms with van der Waals surface area (Å²) in [5.74, 6) is -0.928. The Morgan fingerprint density at radius 2 is 0.494 bits per heavy atom. The first-order chi connectivity index (χ1) is 39.0. The van der Waals surface area contributed by atoms with E-state index in [1.165, 1.54) is 83.5 Å². The number of esters is 3. The van der Waals surface area contributed by atoms with Crippen LogP contribution in [0, 0.1) is 0 Å². The average Bonchev–Trinajstić information content (AvgIpc) is 3.45. The fraction of sp³-hybridized carbons (Fsp3) is 0.630. The molecule has 0 N–H and O–H groups in total. The molecule has 446 valence electrons. The van der Waals surface area contributed by atoms with Gasteiger partial charge in [0.25, 0.3) is 0 Å². The minimum absolute atomic E-state index is 0.0940. The first-order valence-electron chi connectivity index (χ1n) is 32.3. The lowest BCUT2D eigenvalue weighted by Crippen LogP contribution is -2.30. The van der Waals surface area contributed by atoms with E-state index in [2.05, 4.69) is 167 Å². The maximum Gasteiger partial charge on any atom is 0.306 e. The lowest BCUT2D eigenvalue weighted by molar-refractivity contribution is -0.167. The van der Waals surface area contributed by atoms with E-state index in [1.807, 2.05) is 0 Å². The molecule has 1 atom stereocenters.